The molecule has 22 heavy (non-hydrogen) atoms. The van der Waals surface area contributed by atoms with E-state index in [-0.39, 0.29) is 6.42 Å². The summed E-state index contributed by atoms with van der Waals surface area (Å²) in [6.07, 6.45) is -3.18. The van der Waals surface area contributed by atoms with Gasteiger partial charge in [-0.15, -0.1) is 0 Å². The van der Waals surface area contributed by atoms with Crippen molar-refractivity contribution < 1.29 is 18.0 Å². The first-order chi connectivity index (χ1) is 10.4. The lowest BCUT2D eigenvalue weighted by molar-refractivity contribution is -0.212. The molecule has 1 atom stereocenters. The van der Waals surface area contributed by atoms with Gasteiger partial charge in [0.15, 0.2) is 0 Å². The quantitative estimate of drug-likeness (QED) is 0.862. The summed E-state index contributed by atoms with van der Waals surface area (Å²) < 4.78 is 39.4. The maximum absolute atomic E-state index is 12.5. The summed E-state index contributed by atoms with van der Waals surface area (Å²) in [6, 6.07) is 7.08. The van der Waals surface area contributed by atoms with Gasteiger partial charge in [-0.25, -0.2) is 4.98 Å². The van der Waals surface area contributed by atoms with Crippen molar-refractivity contribution in [1.82, 2.24) is 9.55 Å². The van der Waals surface area contributed by atoms with Crippen LogP contribution in [-0.2, 0) is 11.4 Å². The predicted molar refractivity (Wildman–Crippen MR) is 74.9 cm³/mol. The SMILES string of the molecule is FC(F)(F)C1CC(c2ccc(Cn3ccnc3Cl)cc2)=NO1. The van der Waals surface area contributed by atoms with E-state index in [0.29, 0.717) is 23.1 Å². The first-order valence-electron chi connectivity index (χ1n) is 6.49. The fourth-order valence-corrected chi connectivity index (χ4v) is 2.32. The molecular formula is C14H11ClF3N3O. The third kappa shape index (κ3) is 3.09. The van der Waals surface area contributed by atoms with Gasteiger partial charge in [0, 0.05) is 25.4 Å². The maximum atomic E-state index is 12.5. The fraction of sp³-hybridized carbons (Fsp3) is 0.286. The Morgan fingerprint density at radius 1 is 1.27 bits per heavy atom. The molecule has 1 aromatic carbocycles. The van der Waals surface area contributed by atoms with Crippen molar-refractivity contribution in [3.05, 3.63) is 53.1 Å². The van der Waals surface area contributed by atoms with Crippen LogP contribution >= 0.6 is 11.6 Å². The van der Waals surface area contributed by atoms with E-state index < -0.39 is 12.3 Å². The van der Waals surface area contributed by atoms with E-state index in [4.69, 9.17) is 11.6 Å². The van der Waals surface area contributed by atoms with Crippen LogP contribution in [0.2, 0.25) is 5.28 Å². The first kappa shape index (κ1) is 14.9. The van der Waals surface area contributed by atoms with Gasteiger partial charge >= 0.3 is 6.18 Å². The Hall–Kier alpha value is -2.02. The molecule has 0 N–H and O–H groups in total. The number of oxime groups is 1. The Kier molecular flexibility index (Phi) is 3.82. The average Bonchev–Trinajstić information content (AvgIpc) is 3.09. The molecule has 0 fully saturated rings. The molecule has 0 saturated carbocycles. The molecule has 0 amide bonds. The summed E-state index contributed by atoms with van der Waals surface area (Å²) in [4.78, 5) is 8.36. The molecule has 116 valence electrons. The molecule has 0 saturated heterocycles. The predicted octanol–water partition coefficient (Wildman–Crippen LogP) is 3.64. The van der Waals surface area contributed by atoms with Crippen molar-refractivity contribution in [3.63, 3.8) is 0 Å². The summed E-state index contributed by atoms with van der Waals surface area (Å²) in [7, 11) is 0. The highest BCUT2D eigenvalue weighted by atomic mass is 35.5. The van der Waals surface area contributed by atoms with E-state index >= 15 is 0 Å². The number of alkyl halides is 3. The van der Waals surface area contributed by atoms with Crippen molar-refractivity contribution in [2.24, 2.45) is 5.16 Å². The zero-order valence-corrected chi connectivity index (χ0v) is 12.0. The van der Waals surface area contributed by atoms with Gasteiger partial charge in [0.05, 0.1) is 5.71 Å². The highest BCUT2D eigenvalue weighted by molar-refractivity contribution is 6.28. The molecule has 0 spiro atoms. The second-order valence-corrected chi connectivity index (χ2v) is 5.24. The molecule has 2 aromatic rings. The minimum atomic E-state index is -4.40. The van der Waals surface area contributed by atoms with Gasteiger partial charge in [0.2, 0.25) is 11.4 Å². The zero-order chi connectivity index (χ0) is 15.7. The van der Waals surface area contributed by atoms with Crippen molar-refractivity contribution >= 4 is 17.3 Å². The first-order valence-corrected chi connectivity index (χ1v) is 6.86. The molecule has 1 unspecified atom stereocenters. The highest BCUT2D eigenvalue weighted by Gasteiger charge is 2.45. The van der Waals surface area contributed by atoms with Gasteiger partial charge in [-0.05, 0) is 22.7 Å². The normalized spacial score (nSPS) is 18.2. The Labute approximate surface area is 129 Å². The van der Waals surface area contributed by atoms with Crippen molar-refractivity contribution in [2.75, 3.05) is 0 Å². The van der Waals surface area contributed by atoms with Crippen molar-refractivity contribution in [2.45, 2.75) is 25.2 Å². The van der Waals surface area contributed by atoms with Crippen LogP contribution in [0, 0.1) is 0 Å². The number of halogens is 4. The maximum Gasteiger partial charge on any atom is 0.428 e. The minimum absolute atomic E-state index is 0.268. The third-order valence-corrected chi connectivity index (χ3v) is 3.65. The third-order valence-electron chi connectivity index (χ3n) is 3.34. The van der Waals surface area contributed by atoms with Gasteiger partial charge in [-0.2, -0.15) is 13.2 Å². The van der Waals surface area contributed by atoms with Crippen LogP contribution in [0.5, 0.6) is 0 Å². The van der Waals surface area contributed by atoms with Gasteiger partial charge in [-0.3, -0.25) is 0 Å². The van der Waals surface area contributed by atoms with Crippen LogP contribution in [0.15, 0.2) is 41.8 Å². The van der Waals surface area contributed by atoms with Gasteiger partial charge < -0.3 is 9.40 Å². The summed E-state index contributed by atoms with van der Waals surface area (Å²) in [6.45, 7) is 0.535. The minimum Gasteiger partial charge on any atom is -0.382 e. The summed E-state index contributed by atoms with van der Waals surface area (Å²) >= 11 is 5.89. The second-order valence-electron chi connectivity index (χ2n) is 4.90. The van der Waals surface area contributed by atoms with Crippen LogP contribution in [0.4, 0.5) is 13.2 Å². The van der Waals surface area contributed by atoms with Crippen LogP contribution in [-0.4, -0.2) is 27.5 Å². The Bertz CT molecular complexity index is 694. The molecular weight excluding hydrogens is 319 g/mol. The Morgan fingerprint density at radius 2 is 2.00 bits per heavy atom. The number of imidazole rings is 1. The summed E-state index contributed by atoms with van der Waals surface area (Å²) in [5.41, 5.74) is 1.87. The van der Waals surface area contributed by atoms with Crippen LogP contribution in [0.3, 0.4) is 0 Å². The number of nitrogens with zero attached hydrogens (tertiary/aromatic N) is 3. The van der Waals surface area contributed by atoms with E-state index in [1.54, 1.807) is 29.1 Å². The molecule has 3 rings (SSSR count). The molecule has 0 bridgehead atoms. The number of hydrogen-bond donors (Lipinski definition) is 0. The Morgan fingerprint density at radius 3 is 2.55 bits per heavy atom. The van der Waals surface area contributed by atoms with Crippen molar-refractivity contribution in [3.8, 4) is 0 Å². The number of hydrogen-bond acceptors (Lipinski definition) is 3. The van der Waals surface area contributed by atoms with Crippen LogP contribution in [0.1, 0.15) is 17.5 Å². The summed E-state index contributed by atoms with van der Waals surface area (Å²) in [5.74, 6) is 0. The smallest absolute Gasteiger partial charge is 0.382 e. The number of rotatable bonds is 3. The monoisotopic (exact) mass is 329 g/mol. The average molecular weight is 330 g/mol. The number of benzene rings is 1. The number of aromatic nitrogens is 2. The van der Waals surface area contributed by atoms with Crippen LogP contribution in [0.25, 0.3) is 0 Å². The van der Waals surface area contributed by atoms with E-state index in [9.17, 15) is 13.2 Å². The summed E-state index contributed by atoms with van der Waals surface area (Å²) in [5, 5.41) is 3.91. The topological polar surface area (TPSA) is 39.4 Å². The molecule has 0 aliphatic carbocycles. The molecule has 8 heteroatoms. The molecule has 1 aromatic heterocycles. The molecule has 1 aliphatic rings. The highest BCUT2D eigenvalue weighted by Crippen LogP contribution is 2.30. The molecule has 4 nitrogen and oxygen atoms in total. The standard InChI is InChI=1S/C14H11ClF3N3O/c15-13-19-5-6-21(13)8-9-1-3-10(4-2-9)11-7-12(22-20-11)14(16,17)18/h1-6,12H,7-8H2. The lowest BCUT2D eigenvalue weighted by Gasteiger charge is -2.11. The second kappa shape index (κ2) is 5.64. The molecule has 2 heterocycles. The lowest BCUT2D eigenvalue weighted by Crippen LogP contribution is -2.28. The lowest BCUT2D eigenvalue weighted by atomic mass is 10.0. The van der Waals surface area contributed by atoms with Gasteiger partial charge in [0.25, 0.3) is 0 Å². The van der Waals surface area contributed by atoms with E-state index in [1.807, 2.05) is 12.1 Å². The van der Waals surface area contributed by atoms with Crippen molar-refractivity contribution in [1.29, 1.82) is 0 Å². The van der Waals surface area contributed by atoms with Gasteiger partial charge in [0.1, 0.15) is 0 Å². The largest absolute Gasteiger partial charge is 0.428 e. The molecule has 0 radical (unpaired) electrons. The molecule has 1 aliphatic heterocycles. The van der Waals surface area contributed by atoms with E-state index in [1.165, 1.54) is 0 Å². The Balaban J connectivity index is 1.69. The zero-order valence-electron chi connectivity index (χ0n) is 11.2. The van der Waals surface area contributed by atoms with E-state index in [2.05, 4.69) is 15.0 Å². The fourth-order valence-electron chi connectivity index (χ4n) is 2.15. The van der Waals surface area contributed by atoms with Gasteiger partial charge in [-0.1, -0.05) is 29.4 Å². The van der Waals surface area contributed by atoms with E-state index in [0.717, 1.165) is 5.56 Å². The van der Waals surface area contributed by atoms with Crippen LogP contribution < -0.4 is 0 Å².